The maximum atomic E-state index is 12.4. The Morgan fingerprint density at radius 3 is 2.32 bits per heavy atom. The van der Waals surface area contributed by atoms with E-state index in [1.807, 2.05) is 60.7 Å². The molecular formula is C22H26N2O4. The molecule has 2 aromatic carbocycles. The predicted molar refractivity (Wildman–Crippen MR) is 106 cm³/mol. The van der Waals surface area contributed by atoms with Gasteiger partial charge in [0.2, 0.25) is 0 Å². The number of nitrogens with one attached hydrogen (secondary N) is 1. The number of carboxylic acids is 1. The first kappa shape index (κ1) is 19.9. The molecule has 0 radical (unpaired) electrons. The minimum absolute atomic E-state index is 0.136. The number of amides is 1. The minimum Gasteiger partial charge on any atom is -0.481 e. The van der Waals surface area contributed by atoms with Crippen molar-refractivity contribution in [1.82, 2.24) is 10.2 Å². The molecule has 2 atom stereocenters. The number of hydrogen-bond donors (Lipinski definition) is 2. The Labute approximate surface area is 165 Å². The van der Waals surface area contributed by atoms with E-state index in [0.717, 1.165) is 11.1 Å². The summed E-state index contributed by atoms with van der Waals surface area (Å²) in [6, 6.07) is 19.6. The van der Waals surface area contributed by atoms with Crippen LogP contribution in [0.15, 0.2) is 60.7 Å². The van der Waals surface area contributed by atoms with E-state index < -0.39 is 17.6 Å². The van der Waals surface area contributed by atoms with Crippen LogP contribution in [0.5, 0.6) is 0 Å². The van der Waals surface area contributed by atoms with Crippen molar-refractivity contribution in [1.29, 1.82) is 0 Å². The number of ether oxygens (including phenoxy) is 1. The summed E-state index contributed by atoms with van der Waals surface area (Å²) in [7, 11) is 0. The van der Waals surface area contributed by atoms with Crippen LogP contribution in [0, 0.1) is 0 Å². The van der Waals surface area contributed by atoms with E-state index in [0.29, 0.717) is 19.5 Å². The zero-order valence-electron chi connectivity index (χ0n) is 16.0. The highest BCUT2D eigenvalue weighted by atomic mass is 16.5. The van der Waals surface area contributed by atoms with Crippen LogP contribution in [0.1, 0.15) is 30.9 Å². The van der Waals surface area contributed by atoms with Gasteiger partial charge in [-0.15, -0.1) is 0 Å². The lowest BCUT2D eigenvalue weighted by Crippen LogP contribution is -2.51. The molecule has 1 amide bonds. The van der Waals surface area contributed by atoms with Crippen molar-refractivity contribution in [3.63, 3.8) is 0 Å². The van der Waals surface area contributed by atoms with Gasteiger partial charge in [-0.2, -0.15) is 0 Å². The highest BCUT2D eigenvalue weighted by Gasteiger charge is 2.45. The number of alkyl carbamates (subject to hydrolysis) is 1. The number of nitrogens with zero attached hydrogens (tertiary/aromatic N) is 1. The van der Waals surface area contributed by atoms with Crippen LogP contribution in [0.25, 0.3) is 0 Å². The molecule has 2 unspecified atom stereocenters. The number of carbonyl (C=O) groups is 2. The second-order valence-electron chi connectivity index (χ2n) is 7.48. The Morgan fingerprint density at radius 2 is 1.71 bits per heavy atom. The van der Waals surface area contributed by atoms with Gasteiger partial charge >= 0.3 is 12.1 Å². The predicted octanol–water partition coefficient (Wildman–Crippen LogP) is 3.42. The van der Waals surface area contributed by atoms with Crippen LogP contribution in [-0.2, 0) is 22.7 Å². The minimum atomic E-state index is -0.933. The molecule has 1 aliphatic heterocycles. The van der Waals surface area contributed by atoms with E-state index >= 15 is 0 Å². The average molecular weight is 382 g/mol. The summed E-state index contributed by atoms with van der Waals surface area (Å²) in [5, 5.41) is 12.3. The van der Waals surface area contributed by atoms with Crippen molar-refractivity contribution in [2.45, 2.75) is 44.5 Å². The van der Waals surface area contributed by atoms with Gasteiger partial charge < -0.3 is 15.2 Å². The Bertz CT molecular complexity index is 797. The zero-order chi connectivity index (χ0) is 20.0. The van der Waals surface area contributed by atoms with Gasteiger partial charge in [0.15, 0.2) is 0 Å². The Hall–Kier alpha value is -2.86. The van der Waals surface area contributed by atoms with Gasteiger partial charge in [-0.05, 0) is 24.5 Å². The largest absolute Gasteiger partial charge is 0.481 e. The van der Waals surface area contributed by atoms with E-state index in [1.165, 1.54) is 0 Å². The lowest BCUT2D eigenvalue weighted by molar-refractivity contribution is -0.138. The van der Waals surface area contributed by atoms with Crippen LogP contribution in [-0.4, -0.2) is 40.2 Å². The summed E-state index contributed by atoms with van der Waals surface area (Å²) < 4.78 is 5.32. The highest BCUT2D eigenvalue weighted by molar-refractivity contribution is 5.73. The van der Waals surface area contributed by atoms with Crippen LogP contribution in [0.3, 0.4) is 0 Å². The maximum Gasteiger partial charge on any atom is 0.407 e. The van der Waals surface area contributed by atoms with Gasteiger partial charge in [0, 0.05) is 19.1 Å². The van der Waals surface area contributed by atoms with E-state index in [9.17, 15) is 14.7 Å². The molecule has 1 aliphatic rings. The molecule has 0 spiro atoms. The van der Waals surface area contributed by atoms with Crippen LogP contribution >= 0.6 is 0 Å². The normalized spacial score (nSPS) is 22.0. The first-order valence-electron chi connectivity index (χ1n) is 9.44. The fraction of sp³-hybridized carbons (Fsp3) is 0.364. The van der Waals surface area contributed by atoms with Gasteiger partial charge in [0.05, 0.1) is 12.0 Å². The fourth-order valence-corrected chi connectivity index (χ4v) is 3.86. The van der Waals surface area contributed by atoms with Crippen molar-refractivity contribution in [3.8, 4) is 0 Å². The van der Waals surface area contributed by atoms with Gasteiger partial charge in [-0.25, -0.2) is 4.79 Å². The fourth-order valence-electron chi connectivity index (χ4n) is 3.86. The Kier molecular flexibility index (Phi) is 6.31. The van der Waals surface area contributed by atoms with Gasteiger partial charge in [0.25, 0.3) is 0 Å². The van der Waals surface area contributed by atoms with Gasteiger partial charge in [-0.1, -0.05) is 60.7 Å². The van der Waals surface area contributed by atoms with Crippen molar-refractivity contribution in [3.05, 3.63) is 71.8 Å². The molecular weight excluding hydrogens is 356 g/mol. The number of likely N-dealkylation sites (tertiary alicyclic amines) is 1. The van der Waals surface area contributed by atoms with E-state index in [-0.39, 0.29) is 19.1 Å². The van der Waals surface area contributed by atoms with Crippen molar-refractivity contribution >= 4 is 12.1 Å². The van der Waals surface area contributed by atoms with E-state index in [2.05, 4.69) is 17.1 Å². The molecule has 3 rings (SSSR count). The molecule has 0 bridgehead atoms. The molecule has 2 N–H and O–H groups in total. The Morgan fingerprint density at radius 1 is 1.11 bits per heavy atom. The second-order valence-corrected chi connectivity index (χ2v) is 7.48. The summed E-state index contributed by atoms with van der Waals surface area (Å²) >= 11 is 0. The summed E-state index contributed by atoms with van der Waals surface area (Å²) in [4.78, 5) is 26.1. The van der Waals surface area contributed by atoms with Crippen LogP contribution < -0.4 is 5.32 Å². The number of carboxylic acid groups (broad SMARTS) is 1. The molecule has 6 heteroatoms. The SMILES string of the molecule is CC1CC(CC(=O)O)(NC(=O)OCc2ccccc2)CN1Cc1ccccc1. The third-order valence-corrected chi connectivity index (χ3v) is 5.11. The smallest absolute Gasteiger partial charge is 0.407 e. The number of aliphatic carboxylic acids is 1. The first-order chi connectivity index (χ1) is 13.5. The molecule has 6 nitrogen and oxygen atoms in total. The average Bonchev–Trinajstić information content (AvgIpc) is 2.95. The quantitative estimate of drug-likeness (QED) is 0.767. The lowest BCUT2D eigenvalue weighted by atomic mass is 9.92. The number of benzene rings is 2. The molecule has 148 valence electrons. The first-order valence-corrected chi connectivity index (χ1v) is 9.44. The highest BCUT2D eigenvalue weighted by Crippen LogP contribution is 2.31. The van der Waals surface area contributed by atoms with Gasteiger partial charge in [-0.3, -0.25) is 9.69 Å². The van der Waals surface area contributed by atoms with E-state index in [4.69, 9.17) is 4.74 Å². The monoisotopic (exact) mass is 382 g/mol. The molecule has 2 aromatic rings. The Balaban J connectivity index is 1.65. The molecule has 1 heterocycles. The number of hydrogen-bond acceptors (Lipinski definition) is 4. The number of rotatable bonds is 7. The number of carbonyl (C=O) groups excluding carboxylic acids is 1. The van der Waals surface area contributed by atoms with Crippen LogP contribution in [0.2, 0.25) is 0 Å². The van der Waals surface area contributed by atoms with Crippen molar-refractivity contribution in [2.75, 3.05) is 6.54 Å². The maximum absolute atomic E-state index is 12.4. The third-order valence-electron chi connectivity index (χ3n) is 5.11. The second kappa shape index (κ2) is 8.89. The molecule has 0 saturated carbocycles. The molecule has 1 fully saturated rings. The summed E-state index contributed by atoms with van der Waals surface area (Å²) in [6.45, 7) is 3.39. The van der Waals surface area contributed by atoms with Crippen molar-refractivity contribution in [2.24, 2.45) is 0 Å². The lowest BCUT2D eigenvalue weighted by Gasteiger charge is -2.29. The zero-order valence-corrected chi connectivity index (χ0v) is 16.0. The van der Waals surface area contributed by atoms with Crippen LogP contribution in [0.4, 0.5) is 4.79 Å². The van der Waals surface area contributed by atoms with E-state index in [1.54, 1.807) is 0 Å². The molecule has 0 aliphatic carbocycles. The summed E-state index contributed by atoms with van der Waals surface area (Å²) in [6.07, 6.45) is -0.158. The summed E-state index contributed by atoms with van der Waals surface area (Å²) in [5.41, 5.74) is 1.20. The molecule has 1 saturated heterocycles. The summed E-state index contributed by atoms with van der Waals surface area (Å²) in [5.74, 6) is -0.933. The molecule has 0 aromatic heterocycles. The third kappa shape index (κ3) is 5.33. The standard InChI is InChI=1S/C22H26N2O4/c1-17-12-22(13-20(25)26,16-24(17)14-18-8-4-2-5-9-18)23-21(27)28-15-19-10-6-3-7-11-19/h2-11,17H,12-16H2,1H3,(H,23,27)(H,25,26). The topological polar surface area (TPSA) is 78.9 Å². The van der Waals surface area contributed by atoms with Gasteiger partial charge in [0.1, 0.15) is 6.61 Å². The molecule has 28 heavy (non-hydrogen) atoms. The van der Waals surface area contributed by atoms with Crippen molar-refractivity contribution < 1.29 is 19.4 Å².